The molecule has 0 heterocycles. The van der Waals surface area contributed by atoms with Crippen molar-refractivity contribution in [3.8, 4) is 0 Å². The van der Waals surface area contributed by atoms with Gasteiger partial charge in [0.15, 0.2) is 0 Å². The fourth-order valence-electron chi connectivity index (χ4n) is 3.57. The third-order valence-electron chi connectivity index (χ3n) is 5.22. The molecule has 2 unspecified atom stereocenters. The summed E-state index contributed by atoms with van der Waals surface area (Å²) >= 11 is 0. The van der Waals surface area contributed by atoms with Crippen LogP contribution in [0.5, 0.6) is 0 Å². The van der Waals surface area contributed by atoms with Crippen LogP contribution >= 0.6 is 0 Å². The van der Waals surface area contributed by atoms with Gasteiger partial charge in [0.2, 0.25) is 0 Å². The van der Waals surface area contributed by atoms with Crippen LogP contribution in [0, 0.1) is 0 Å². The topological polar surface area (TPSA) is 40.5 Å². The number of unbranched alkanes of at least 4 members (excludes halogenated alkanes) is 8. The van der Waals surface area contributed by atoms with Gasteiger partial charge in [-0.2, -0.15) is 0 Å². The predicted octanol–water partition coefficient (Wildman–Crippen LogP) is 6.32. The van der Waals surface area contributed by atoms with Crippen LogP contribution in [0.1, 0.15) is 104 Å². The van der Waals surface area contributed by atoms with Crippen LogP contribution in [-0.4, -0.2) is 21.4 Å². The van der Waals surface area contributed by atoms with E-state index in [0.29, 0.717) is 25.7 Å². The minimum Gasteiger partial charge on any atom is -0.387 e. The van der Waals surface area contributed by atoms with Gasteiger partial charge in [0.1, 0.15) is 0 Å². The van der Waals surface area contributed by atoms with E-state index in [1.165, 1.54) is 38.5 Å². The highest BCUT2D eigenvalue weighted by molar-refractivity contribution is 5.05. The highest BCUT2D eigenvalue weighted by Crippen LogP contribution is 2.38. The van der Waals surface area contributed by atoms with E-state index < -0.39 is 11.2 Å². The van der Waals surface area contributed by atoms with Crippen molar-refractivity contribution in [2.24, 2.45) is 0 Å². The maximum atomic E-state index is 11.3. The van der Waals surface area contributed by atoms with E-state index in [1.54, 1.807) is 12.2 Å². The Morgan fingerprint density at radius 1 is 0.625 bits per heavy atom. The van der Waals surface area contributed by atoms with Crippen LogP contribution in [0.4, 0.5) is 0 Å². The third-order valence-corrected chi connectivity index (χ3v) is 5.22. The number of hydrogen-bond acceptors (Lipinski definition) is 2. The number of aliphatic hydroxyl groups is 2. The minimum atomic E-state index is -1.08. The molecule has 0 radical (unpaired) electrons. The van der Waals surface area contributed by atoms with Gasteiger partial charge in [0, 0.05) is 0 Å². The molecular weight excluding hydrogens is 296 g/mol. The zero-order valence-corrected chi connectivity index (χ0v) is 16.4. The molecule has 0 rings (SSSR count). The molecule has 0 aromatic heterocycles. The lowest BCUT2D eigenvalue weighted by Crippen LogP contribution is -2.53. The zero-order chi connectivity index (χ0) is 18.3. The van der Waals surface area contributed by atoms with E-state index in [4.69, 9.17) is 0 Å². The largest absolute Gasteiger partial charge is 0.387 e. The lowest BCUT2D eigenvalue weighted by Gasteiger charge is -2.43. The fourth-order valence-corrected chi connectivity index (χ4v) is 3.57. The zero-order valence-electron chi connectivity index (χ0n) is 16.4. The minimum absolute atomic E-state index is 0.445. The molecular formula is C22H42O2. The van der Waals surface area contributed by atoms with Gasteiger partial charge in [-0.3, -0.25) is 0 Å². The van der Waals surface area contributed by atoms with Crippen molar-refractivity contribution in [3.63, 3.8) is 0 Å². The molecule has 0 spiro atoms. The molecule has 0 bridgehead atoms. The second kappa shape index (κ2) is 13.7. The van der Waals surface area contributed by atoms with Gasteiger partial charge in [-0.05, 0) is 25.7 Å². The lowest BCUT2D eigenvalue weighted by atomic mass is 9.72. The van der Waals surface area contributed by atoms with Crippen LogP contribution in [0.2, 0.25) is 0 Å². The molecule has 0 saturated heterocycles. The van der Waals surface area contributed by atoms with Gasteiger partial charge in [0.05, 0.1) is 11.2 Å². The fraction of sp³-hybridized carbons (Fsp3) is 0.818. The average molecular weight is 339 g/mol. The highest BCUT2D eigenvalue weighted by atomic mass is 16.4. The summed E-state index contributed by atoms with van der Waals surface area (Å²) in [6.45, 7) is 12.0. The molecule has 0 aliphatic carbocycles. The highest BCUT2D eigenvalue weighted by Gasteiger charge is 2.46. The quantitative estimate of drug-likeness (QED) is 0.240. The van der Waals surface area contributed by atoms with Crippen molar-refractivity contribution >= 4 is 0 Å². The average Bonchev–Trinajstić information content (AvgIpc) is 2.55. The molecule has 2 heteroatoms. The Bertz CT molecular complexity index is 294. The number of rotatable bonds is 17. The Labute approximate surface area is 151 Å². The van der Waals surface area contributed by atoms with Crippen molar-refractivity contribution in [1.29, 1.82) is 0 Å². The molecule has 142 valence electrons. The lowest BCUT2D eigenvalue weighted by molar-refractivity contribution is -0.158. The van der Waals surface area contributed by atoms with E-state index in [0.717, 1.165) is 25.7 Å². The molecule has 0 fully saturated rings. The smallest absolute Gasteiger partial charge is 0.0970 e. The van der Waals surface area contributed by atoms with Gasteiger partial charge >= 0.3 is 0 Å². The summed E-state index contributed by atoms with van der Waals surface area (Å²) in [6.07, 6.45) is 17.2. The van der Waals surface area contributed by atoms with E-state index >= 15 is 0 Å². The SMILES string of the molecule is C=CCC(O)(CCCCCCC)C(O)(CC=C)CCCCCCC. The van der Waals surface area contributed by atoms with Crippen LogP contribution in [0.15, 0.2) is 25.3 Å². The molecule has 2 N–H and O–H groups in total. The Morgan fingerprint density at radius 3 is 1.25 bits per heavy atom. The molecule has 0 aromatic rings. The van der Waals surface area contributed by atoms with Gasteiger partial charge < -0.3 is 10.2 Å². The summed E-state index contributed by atoms with van der Waals surface area (Å²) in [6, 6.07) is 0. The summed E-state index contributed by atoms with van der Waals surface area (Å²) in [4.78, 5) is 0. The monoisotopic (exact) mass is 338 g/mol. The maximum Gasteiger partial charge on any atom is 0.0970 e. The van der Waals surface area contributed by atoms with Crippen molar-refractivity contribution in [2.45, 2.75) is 115 Å². The molecule has 0 aromatic carbocycles. The van der Waals surface area contributed by atoms with Crippen LogP contribution in [0.25, 0.3) is 0 Å². The van der Waals surface area contributed by atoms with Gasteiger partial charge in [0.25, 0.3) is 0 Å². The molecule has 0 aliphatic heterocycles. The van der Waals surface area contributed by atoms with Crippen molar-refractivity contribution in [2.75, 3.05) is 0 Å². The van der Waals surface area contributed by atoms with E-state index in [9.17, 15) is 10.2 Å². The molecule has 0 saturated carbocycles. The van der Waals surface area contributed by atoms with Gasteiger partial charge in [-0.25, -0.2) is 0 Å². The van der Waals surface area contributed by atoms with Crippen LogP contribution in [0.3, 0.4) is 0 Å². The van der Waals surface area contributed by atoms with Gasteiger partial charge in [-0.15, -0.1) is 13.2 Å². The van der Waals surface area contributed by atoms with Crippen LogP contribution in [-0.2, 0) is 0 Å². The molecule has 2 nitrogen and oxygen atoms in total. The Kier molecular flexibility index (Phi) is 13.3. The first-order valence-corrected chi connectivity index (χ1v) is 10.2. The predicted molar refractivity (Wildman–Crippen MR) is 106 cm³/mol. The first kappa shape index (κ1) is 23.4. The second-order valence-electron chi connectivity index (χ2n) is 7.38. The van der Waals surface area contributed by atoms with E-state index in [-0.39, 0.29) is 0 Å². The van der Waals surface area contributed by atoms with Crippen LogP contribution < -0.4 is 0 Å². The Balaban J connectivity index is 4.76. The van der Waals surface area contributed by atoms with Crippen molar-refractivity contribution in [1.82, 2.24) is 0 Å². The second-order valence-corrected chi connectivity index (χ2v) is 7.38. The Morgan fingerprint density at radius 2 is 0.958 bits per heavy atom. The summed E-state index contributed by atoms with van der Waals surface area (Å²) in [5.41, 5.74) is -2.17. The first-order valence-electron chi connectivity index (χ1n) is 10.2. The first-order chi connectivity index (χ1) is 11.5. The standard InChI is InChI=1S/C22H42O2/c1-5-9-11-13-15-19-21(23,17-7-3)22(24,18-8-4)20-16-14-12-10-6-2/h7-8,23-24H,3-6,9-20H2,1-2H3. The normalized spacial score (nSPS) is 16.3. The summed E-state index contributed by atoms with van der Waals surface area (Å²) < 4.78 is 0. The van der Waals surface area contributed by atoms with Crippen molar-refractivity contribution < 1.29 is 10.2 Å². The molecule has 24 heavy (non-hydrogen) atoms. The number of hydrogen-bond donors (Lipinski definition) is 2. The van der Waals surface area contributed by atoms with E-state index in [1.807, 2.05) is 0 Å². The van der Waals surface area contributed by atoms with Crippen molar-refractivity contribution in [3.05, 3.63) is 25.3 Å². The Hall–Kier alpha value is -0.600. The third kappa shape index (κ3) is 8.48. The molecule has 2 atom stereocenters. The summed E-state index contributed by atoms with van der Waals surface area (Å²) in [5, 5.41) is 22.5. The summed E-state index contributed by atoms with van der Waals surface area (Å²) in [7, 11) is 0. The van der Waals surface area contributed by atoms with Gasteiger partial charge in [-0.1, -0.05) is 90.2 Å². The molecule has 0 amide bonds. The summed E-state index contributed by atoms with van der Waals surface area (Å²) in [5.74, 6) is 0. The maximum absolute atomic E-state index is 11.3. The van der Waals surface area contributed by atoms with E-state index in [2.05, 4.69) is 27.0 Å². The molecule has 0 aliphatic rings.